The van der Waals surface area contributed by atoms with Crippen LogP contribution in [0.4, 0.5) is 5.69 Å². The highest BCUT2D eigenvalue weighted by atomic mass is 79.9. The zero-order valence-corrected chi connectivity index (χ0v) is 11.4. The van der Waals surface area contributed by atoms with Crippen LogP contribution in [0.2, 0.25) is 0 Å². The lowest BCUT2D eigenvalue weighted by molar-refractivity contribution is -0.121. The van der Waals surface area contributed by atoms with Crippen molar-refractivity contribution in [3.05, 3.63) is 28.7 Å². The molecule has 1 amide bonds. The van der Waals surface area contributed by atoms with Crippen LogP contribution in [0.25, 0.3) is 0 Å². The smallest absolute Gasteiger partial charge is 0.230 e. The second-order valence-electron chi connectivity index (χ2n) is 4.21. The van der Waals surface area contributed by atoms with E-state index in [9.17, 15) is 4.79 Å². The number of halogens is 1. The number of amides is 1. The molecule has 0 aromatic heterocycles. The van der Waals surface area contributed by atoms with E-state index in [1.54, 1.807) is 0 Å². The van der Waals surface area contributed by atoms with Crippen molar-refractivity contribution in [1.29, 1.82) is 0 Å². The molecule has 17 heavy (non-hydrogen) atoms. The summed E-state index contributed by atoms with van der Waals surface area (Å²) in [7, 11) is 0. The fourth-order valence-corrected chi connectivity index (χ4v) is 2.38. The molecule has 1 aliphatic rings. The molecule has 0 aliphatic carbocycles. The quantitative estimate of drug-likeness (QED) is 0.930. The Morgan fingerprint density at radius 2 is 2.18 bits per heavy atom. The highest BCUT2D eigenvalue weighted by Gasteiger charge is 2.32. The Bertz CT molecular complexity index is 391. The number of hydrogen-bond acceptors (Lipinski definition) is 2. The molecule has 2 rings (SSSR count). The highest BCUT2D eigenvalue weighted by molar-refractivity contribution is 9.10. The van der Waals surface area contributed by atoms with Crippen LogP contribution in [0, 0.1) is 5.92 Å². The molecule has 1 aromatic carbocycles. The number of rotatable bonds is 3. The normalized spacial score (nSPS) is 23.6. The van der Waals surface area contributed by atoms with Gasteiger partial charge in [0, 0.05) is 16.8 Å². The molecular formula is C13H16BrNO2. The first-order chi connectivity index (χ1) is 8.20. The van der Waals surface area contributed by atoms with Crippen molar-refractivity contribution < 1.29 is 9.53 Å². The van der Waals surface area contributed by atoms with E-state index in [4.69, 9.17) is 4.74 Å². The third kappa shape index (κ3) is 3.07. The van der Waals surface area contributed by atoms with Crippen LogP contribution < -0.4 is 5.32 Å². The van der Waals surface area contributed by atoms with E-state index in [1.165, 1.54) is 0 Å². The predicted octanol–water partition coefficient (Wildman–Crippen LogP) is 3.20. The summed E-state index contributed by atoms with van der Waals surface area (Å²) in [5.41, 5.74) is 0.833. The molecule has 2 unspecified atom stereocenters. The molecule has 2 atom stereocenters. The van der Waals surface area contributed by atoms with Gasteiger partial charge in [-0.25, -0.2) is 0 Å². The van der Waals surface area contributed by atoms with Gasteiger partial charge in [-0.1, -0.05) is 22.9 Å². The van der Waals surface area contributed by atoms with Gasteiger partial charge in [-0.05, 0) is 37.1 Å². The fourth-order valence-electron chi connectivity index (χ4n) is 2.12. The molecule has 0 saturated carbocycles. The second-order valence-corrected chi connectivity index (χ2v) is 5.12. The maximum Gasteiger partial charge on any atom is 0.230 e. The van der Waals surface area contributed by atoms with Crippen LogP contribution in [-0.2, 0) is 9.53 Å². The Kier molecular flexibility index (Phi) is 4.18. The number of nitrogens with one attached hydrogen (secondary N) is 1. The molecular weight excluding hydrogens is 282 g/mol. The van der Waals surface area contributed by atoms with Crippen LogP contribution in [0.5, 0.6) is 0 Å². The van der Waals surface area contributed by atoms with Crippen molar-refractivity contribution in [1.82, 2.24) is 0 Å². The third-order valence-electron chi connectivity index (χ3n) is 3.06. The molecule has 0 radical (unpaired) electrons. The molecule has 0 bridgehead atoms. The largest absolute Gasteiger partial charge is 0.377 e. The molecule has 92 valence electrons. The van der Waals surface area contributed by atoms with Gasteiger partial charge >= 0.3 is 0 Å². The lowest BCUT2D eigenvalue weighted by Gasteiger charge is -2.16. The van der Waals surface area contributed by atoms with E-state index in [0.29, 0.717) is 6.61 Å². The predicted molar refractivity (Wildman–Crippen MR) is 70.9 cm³/mol. The molecule has 0 spiro atoms. The highest BCUT2D eigenvalue weighted by Crippen LogP contribution is 2.25. The lowest BCUT2D eigenvalue weighted by atomic mass is 9.98. The van der Waals surface area contributed by atoms with Crippen LogP contribution >= 0.6 is 15.9 Å². The summed E-state index contributed by atoms with van der Waals surface area (Å²) >= 11 is 3.37. The molecule has 1 aromatic rings. The minimum atomic E-state index is -0.0105. The Morgan fingerprint density at radius 3 is 2.82 bits per heavy atom. The first kappa shape index (κ1) is 12.6. The SMILES string of the molecule is CCC1OCCC1C(=O)Nc1ccc(Br)cc1. The number of carbonyl (C=O) groups excluding carboxylic acids is 1. The Hall–Kier alpha value is -0.870. The molecule has 4 heteroatoms. The van der Waals surface area contributed by atoms with E-state index < -0.39 is 0 Å². The second kappa shape index (κ2) is 5.65. The topological polar surface area (TPSA) is 38.3 Å². The third-order valence-corrected chi connectivity index (χ3v) is 3.59. The summed E-state index contributed by atoms with van der Waals surface area (Å²) in [5, 5.41) is 2.94. The first-order valence-corrected chi connectivity index (χ1v) is 6.68. The molecule has 1 aliphatic heterocycles. The Morgan fingerprint density at radius 1 is 1.47 bits per heavy atom. The number of carbonyl (C=O) groups is 1. The standard InChI is InChI=1S/C13H16BrNO2/c1-2-12-11(7-8-17-12)13(16)15-10-5-3-9(14)4-6-10/h3-6,11-12H,2,7-8H2,1H3,(H,15,16). The summed E-state index contributed by atoms with van der Waals surface area (Å²) in [6, 6.07) is 7.60. The van der Waals surface area contributed by atoms with Crippen molar-refractivity contribution in [2.45, 2.75) is 25.9 Å². The van der Waals surface area contributed by atoms with Crippen molar-refractivity contribution in [2.24, 2.45) is 5.92 Å². The number of benzene rings is 1. The van der Waals surface area contributed by atoms with Crippen molar-refractivity contribution >= 4 is 27.5 Å². The van der Waals surface area contributed by atoms with E-state index in [0.717, 1.165) is 23.0 Å². The number of hydrogen-bond donors (Lipinski definition) is 1. The van der Waals surface area contributed by atoms with Crippen molar-refractivity contribution in [2.75, 3.05) is 11.9 Å². The van der Waals surface area contributed by atoms with Crippen LogP contribution in [-0.4, -0.2) is 18.6 Å². The van der Waals surface area contributed by atoms with Crippen LogP contribution in [0.1, 0.15) is 19.8 Å². The van der Waals surface area contributed by atoms with Gasteiger partial charge in [0.15, 0.2) is 0 Å². The number of ether oxygens (including phenoxy) is 1. The van der Waals surface area contributed by atoms with Gasteiger partial charge in [0.25, 0.3) is 0 Å². The molecule has 1 N–H and O–H groups in total. The first-order valence-electron chi connectivity index (χ1n) is 5.88. The van der Waals surface area contributed by atoms with E-state index in [-0.39, 0.29) is 17.9 Å². The average molecular weight is 298 g/mol. The van der Waals surface area contributed by atoms with Gasteiger partial charge in [0.2, 0.25) is 5.91 Å². The molecule has 1 heterocycles. The Balaban J connectivity index is 1.99. The summed E-state index contributed by atoms with van der Waals surface area (Å²) in [6.45, 7) is 2.74. The van der Waals surface area contributed by atoms with Gasteiger partial charge in [-0.2, -0.15) is 0 Å². The summed E-state index contributed by atoms with van der Waals surface area (Å²) in [4.78, 5) is 12.1. The van der Waals surface area contributed by atoms with Gasteiger partial charge in [-0.15, -0.1) is 0 Å². The average Bonchev–Trinajstić information content (AvgIpc) is 2.80. The number of anilines is 1. The summed E-state index contributed by atoms with van der Waals surface area (Å²) in [6.07, 6.45) is 1.78. The zero-order valence-electron chi connectivity index (χ0n) is 9.78. The zero-order chi connectivity index (χ0) is 12.3. The summed E-state index contributed by atoms with van der Waals surface area (Å²) in [5.74, 6) is 0.0559. The molecule has 1 fully saturated rings. The lowest BCUT2D eigenvalue weighted by Crippen LogP contribution is -2.29. The van der Waals surface area contributed by atoms with Gasteiger partial charge in [0.1, 0.15) is 0 Å². The van der Waals surface area contributed by atoms with Gasteiger partial charge < -0.3 is 10.1 Å². The minimum absolute atomic E-state index is 0.0105. The minimum Gasteiger partial charge on any atom is -0.377 e. The van der Waals surface area contributed by atoms with Crippen LogP contribution in [0.3, 0.4) is 0 Å². The summed E-state index contributed by atoms with van der Waals surface area (Å²) < 4.78 is 6.53. The maximum absolute atomic E-state index is 12.1. The maximum atomic E-state index is 12.1. The van der Waals surface area contributed by atoms with Gasteiger partial charge in [-0.3, -0.25) is 4.79 Å². The Labute approximate surface area is 110 Å². The van der Waals surface area contributed by atoms with E-state index in [1.807, 2.05) is 24.3 Å². The van der Waals surface area contributed by atoms with Crippen molar-refractivity contribution in [3.63, 3.8) is 0 Å². The molecule has 1 saturated heterocycles. The monoisotopic (exact) mass is 297 g/mol. The van der Waals surface area contributed by atoms with Crippen LogP contribution in [0.15, 0.2) is 28.7 Å². The molecule has 3 nitrogen and oxygen atoms in total. The van der Waals surface area contributed by atoms with E-state index >= 15 is 0 Å². The van der Waals surface area contributed by atoms with E-state index in [2.05, 4.69) is 28.2 Å². The fraction of sp³-hybridized carbons (Fsp3) is 0.462. The van der Waals surface area contributed by atoms with Crippen molar-refractivity contribution in [3.8, 4) is 0 Å². The van der Waals surface area contributed by atoms with Gasteiger partial charge in [0.05, 0.1) is 12.0 Å².